The molecule has 0 aliphatic rings. The summed E-state index contributed by atoms with van der Waals surface area (Å²) >= 11 is 1.45. The monoisotopic (exact) mass is 459 g/mol. The van der Waals surface area contributed by atoms with Gasteiger partial charge in [0, 0.05) is 30.1 Å². The minimum Gasteiger partial charge on any atom is -0.443 e. The molecule has 0 saturated heterocycles. The van der Waals surface area contributed by atoms with Crippen LogP contribution in [0, 0.1) is 0 Å². The largest absolute Gasteiger partial charge is 0.443 e. The number of rotatable bonds is 7. The number of carbonyl (C=O) groups is 2. The van der Waals surface area contributed by atoms with E-state index < -0.39 is 12.1 Å². The molecule has 0 aliphatic carbocycles. The Balaban J connectivity index is 1.76. The molecule has 2 aromatic carbocycles. The third kappa shape index (κ3) is 5.04. The summed E-state index contributed by atoms with van der Waals surface area (Å²) < 4.78 is 7.11. The van der Waals surface area contributed by atoms with Crippen LogP contribution in [0.3, 0.4) is 0 Å². The summed E-state index contributed by atoms with van der Waals surface area (Å²) in [7, 11) is 3.23. The van der Waals surface area contributed by atoms with Crippen LogP contribution in [-0.4, -0.2) is 51.1 Å². The summed E-state index contributed by atoms with van der Waals surface area (Å²) in [4.78, 5) is 28.6. The molecule has 2 heterocycles. The number of esters is 1. The van der Waals surface area contributed by atoms with Crippen molar-refractivity contribution in [2.45, 2.75) is 6.10 Å². The van der Waals surface area contributed by atoms with Crippen LogP contribution in [0.4, 0.5) is 0 Å². The second kappa shape index (κ2) is 10.0. The molecule has 0 fully saturated rings. The fourth-order valence-corrected chi connectivity index (χ4v) is 3.77. The number of hydrogen-bond acceptors (Lipinski definition) is 7. The van der Waals surface area contributed by atoms with Gasteiger partial charge in [0.05, 0.1) is 0 Å². The first-order valence-electron chi connectivity index (χ1n) is 10.1. The third-order valence-electron chi connectivity index (χ3n) is 4.75. The fourth-order valence-electron chi connectivity index (χ4n) is 3.12. The molecule has 0 aliphatic heterocycles. The highest BCUT2D eigenvalue weighted by molar-refractivity contribution is 7.10. The van der Waals surface area contributed by atoms with Crippen LogP contribution in [0.2, 0.25) is 0 Å². The highest BCUT2D eigenvalue weighted by atomic mass is 32.1. The summed E-state index contributed by atoms with van der Waals surface area (Å²) in [6.07, 6.45) is 0.537. The molecular weight excluding hydrogens is 438 g/mol. The van der Waals surface area contributed by atoms with Crippen LogP contribution >= 0.6 is 11.3 Å². The summed E-state index contributed by atoms with van der Waals surface area (Å²) in [5.41, 5.74) is 1.39. The van der Waals surface area contributed by atoms with Gasteiger partial charge in [0.1, 0.15) is 0 Å². The molecule has 0 N–H and O–H groups in total. The van der Waals surface area contributed by atoms with E-state index >= 15 is 0 Å². The molecule has 0 bridgehead atoms. The van der Waals surface area contributed by atoms with E-state index in [2.05, 4.69) is 15.5 Å². The van der Waals surface area contributed by atoms with Crippen molar-refractivity contribution in [3.8, 4) is 11.4 Å². The van der Waals surface area contributed by atoms with Gasteiger partial charge in [0.2, 0.25) is 6.10 Å². The lowest BCUT2D eigenvalue weighted by Crippen LogP contribution is -2.32. The van der Waals surface area contributed by atoms with Gasteiger partial charge in [0.25, 0.3) is 5.91 Å². The molecule has 0 saturated carbocycles. The van der Waals surface area contributed by atoms with Gasteiger partial charge >= 0.3 is 5.97 Å². The Morgan fingerprint density at radius 1 is 1.00 bits per heavy atom. The molecule has 0 spiro atoms. The van der Waals surface area contributed by atoms with E-state index in [1.807, 2.05) is 53.9 Å². The molecule has 1 atom stereocenters. The number of carbonyl (C=O) groups excluding carboxylic acids is 2. The van der Waals surface area contributed by atoms with Crippen molar-refractivity contribution in [1.29, 1.82) is 0 Å². The van der Waals surface area contributed by atoms with Gasteiger partial charge < -0.3 is 9.64 Å². The van der Waals surface area contributed by atoms with Crippen molar-refractivity contribution in [3.05, 3.63) is 88.6 Å². The Morgan fingerprint density at radius 2 is 1.70 bits per heavy atom. The summed E-state index contributed by atoms with van der Waals surface area (Å²) in [5.74, 6) is -0.701. The van der Waals surface area contributed by atoms with Crippen LogP contribution in [0.15, 0.2) is 78.2 Å². The van der Waals surface area contributed by atoms with Gasteiger partial charge in [0.15, 0.2) is 11.5 Å². The van der Waals surface area contributed by atoms with Crippen LogP contribution in [0.1, 0.15) is 16.5 Å². The number of tetrazole rings is 1. The number of thiophene rings is 1. The second-order valence-electron chi connectivity index (χ2n) is 7.25. The summed E-state index contributed by atoms with van der Waals surface area (Å²) in [6.45, 7) is 0. The predicted molar refractivity (Wildman–Crippen MR) is 126 cm³/mol. The van der Waals surface area contributed by atoms with Crippen molar-refractivity contribution in [2.75, 3.05) is 14.1 Å². The number of benzene rings is 2. The third-order valence-corrected chi connectivity index (χ3v) is 5.57. The van der Waals surface area contributed by atoms with Crippen LogP contribution in [0.5, 0.6) is 0 Å². The Bertz CT molecular complexity index is 1250. The number of ether oxygens (including phenoxy) is 1. The number of aromatic nitrogens is 4. The van der Waals surface area contributed by atoms with Gasteiger partial charge in [-0.1, -0.05) is 66.7 Å². The minimum atomic E-state index is -1.11. The zero-order valence-electron chi connectivity index (χ0n) is 18.0. The van der Waals surface area contributed by atoms with E-state index in [-0.39, 0.29) is 11.6 Å². The highest BCUT2D eigenvalue weighted by Crippen LogP contribution is 2.26. The number of hydrogen-bond donors (Lipinski definition) is 0. The zero-order chi connectivity index (χ0) is 23.2. The van der Waals surface area contributed by atoms with E-state index in [9.17, 15) is 9.59 Å². The first kappa shape index (κ1) is 22.1. The van der Waals surface area contributed by atoms with E-state index in [4.69, 9.17) is 4.74 Å². The van der Waals surface area contributed by atoms with Crippen molar-refractivity contribution in [2.24, 2.45) is 0 Å². The Labute approximate surface area is 194 Å². The Kier molecular flexibility index (Phi) is 6.70. The van der Waals surface area contributed by atoms with Gasteiger partial charge in [-0.05, 0) is 27.9 Å². The van der Waals surface area contributed by atoms with Gasteiger partial charge in [-0.3, -0.25) is 4.79 Å². The average molecular weight is 460 g/mol. The normalized spacial score (nSPS) is 12.2. The molecule has 33 heavy (non-hydrogen) atoms. The molecule has 4 rings (SSSR count). The molecule has 4 aromatic rings. The smallest absolute Gasteiger partial charge is 0.358 e. The predicted octanol–water partition coefficient (Wildman–Crippen LogP) is 3.77. The van der Waals surface area contributed by atoms with Crippen LogP contribution in [-0.2, 0) is 14.3 Å². The maximum atomic E-state index is 13.5. The second-order valence-corrected chi connectivity index (χ2v) is 8.23. The topological polar surface area (TPSA) is 90.2 Å². The lowest BCUT2D eigenvalue weighted by Gasteiger charge is -2.22. The Morgan fingerprint density at radius 3 is 2.33 bits per heavy atom. The number of likely N-dealkylation sites (N-methyl/N-ethyl adjacent to an activating group) is 1. The first-order chi connectivity index (χ1) is 16.0. The molecule has 1 amide bonds. The molecule has 166 valence electrons. The zero-order valence-corrected chi connectivity index (χ0v) is 18.8. The summed E-state index contributed by atoms with van der Waals surface area (Å²) in [5, 5.41) is 13.8. The van der Waals surface area contributed by atoms with Crippen LogP contribution in [0.25, 0.3) is 23.2 Å². The summed E-state index contributed by atoms with van der Waals surface area (Å²) in [6, 6.07) is 21.9. The van der Waals surface area contributed by atoms with Crippen molar-refractivity contribution in [3.63, 3.8) is 0 Å². The van der Waals surface area contributed by atoms with Gasteiger partial charge in [-0.2, -0.15) is 4.68 Å². The molecule has 8 nitrogen and oxygen atoms in total. The van der Waals surface area contributed by atoms with E-state index in [1.165, 1.54) is 20.9 Å². The lowest BCUT2D eigenvalue weighted by atomic mass is 10.1. The van der Waals surface area contributed by atoms with E-state index in [1.54, 1.807) is 44.4 Å². The lowest BCUT2D eigenvalue weighted by molar-refractivity contribution is -0.155. The molecule has 0 radical (unpaired) electrons. The fraction of sp³-hybridized carbons (Fsp3) is 0.125. The van der Waals surface area contributed by atoms with Crippen molar-refractivity contribution >= 4 is 35.0 Å². The van der Waals surface area contributed by atoms with E-state index in [0.717, 1.165) is 10.4 Å². The molecular formula is C24H21N5O3S. The first-order valence-corrected chi connectivity index (χ1v) is 11.0. The molecule has 1 unspecified atom stereocenters. The standard InChI is InChI=1S/C24H21N5O3S/c1-28(2)23(30)21(17-10-5-3-6-11-17)32-24(31)20(16-19-14-9-15-33-19)29-22(25-26-27-29)18-12-7-4-8-13-18/h3-16,21H,1-2H3/b20-16-. The van der Waals surface area contributed by atoms with Gasteiger partial charge in [-0.25, -0.2) is 4.79 Å². The average Bonchev–Trinajstić information content (AvgIpc) is 3.53. The van der Waals surface area contributed by atoms with Crippen LogP contribution < -0.4 is 0 Å². The van der Waals surface area contributed by atoms with E-state index in [0.29, 0.717) is 11.4 Å². The minimum absolute atomic E-state index is 0.0915. The molecule has 2 aromatic heterocycles. The number of amides is 1. The number of nitrogens with zero attached hydrogens (tertiary/aromatic N) is 5. The molecule has 9 heteroatoms. The highest BCUT2D eigenvalue weighted by Gasteiger charge is 2.30. The quantitative estimate of drug-likeness (QED) is 0.309. The van der Waals surface area contributed by atoms with Gasteiger partial charge in [-0.15, -0.1) is 16.4 Å². The van der Waals surface area contributed by atoms with Crippen molar-refractivity contribution in [1.82, 2.24) is 25.1 Å². The maximum Gasteiger partial charge on any atom is 0.358 e. The van der Waals surface area contributed by atoms with Crippen molar-refractivity contribution < 1.29 is 14.3 Å². The maximum absolute atomic E-state index is 13.5. The Hall–Kier alpha value is -4.11. The SMILES string of the molecule is CN(C)C(=O)C(OC(=O)/C(=C/c1cccs1)n1nnnc1-c1ccccc1)c1ccccc1.